The Morgan fingerprint density at radius 2 is 2.19 bits per heavy atom. The van der Waals surface area contributed by atoms with Gasteiger partial charge in [0.05, 0.1) is 12.6 Å². The Hall–Kier alpha value is -0.710. The highest BCUT2D eigenvalue weighted by atomic mass is 32.2. The number of aryl methyl sites for hydroxylation is 1. The van der Waals surface area contributed by atoms with Crippen LogP contribution in [0.2, 0.25) is 0 Å². The maximum absolute atomic E-state index is 11.9. The first-order chi connectivity index (χ1) is 10.1. The Balaban J connectivity index is 1.92. The van der Waals surface area contributed by atoms with Crippen LogP contribution in [0, 0.1) is 12.8 Å². The van der Waals surface area contributed by atoms with Gasteiger partial charge in [-0.3, -0.25) is 0 Å². The number of hydrogen-bond acceptors (Lipinski definition) is 3. The third-order valence-corrected chi connectivity index (χ3v) is 5.15. The van der Waals surface area contributed by atoms with E-state index >= 15 is 0 Å². The molecule has 1 aromatic rings. The predicted molar refractivity (Wildman–Crippen MR) is 88.9 cm³/mol. The Morgan fingerprint density at radius 1 is 1.43 bits per heavy atom. The molecule has 2 atom stereocenters. The summed E-state index contributed by atoms with van der Waals surface area (Å²) in [6.07, 6.45) is 4.67. The van der Waals surface area contributed by atoms with Crippen LogP contribution in [0.5, 0.6) is 5.75 Å². The summed E-state index contributed by atoms with van der Waals surface area (Å²) in [5, 5.41) is 0. The summed E-state index contributed by atoms with van der Waals surface area (Å²) < 4.78 is 21.0. The molecule has 0 radical (unpaired) electrons. The molecule has 0 aromatic heterocycles. The van der Waals surface area contributed by atoms with Crippen LogP contribution in [0.4, 0.5) is 0 Å². The number of unbranched alkanes of at least 4 members (excludes halogenated alkanes) is 1. The van der Waals surface area contributed by atoms with Crippen molar-refractivity contribution in [3.05, 3.63) is 29.3 Å². The van der Waals surface area contributed by atoms with Gasteiger partial charge in [-0.15, -0.1) is 4.72 Å². The maximum atomic E-state index is 11.9. The van der Waals surface area contributed by atoms with Gasteiger partial charge in [0.1, 0.15) is 11.5 Å². The summed E-state index contributed by atoms with van der Waals surface area (Å²) in [7, 11) is 0. The van der Waals surface area contributed by atoms with Crippen LogP contribution in [0.15, 0.2) is 18.2 Å². The van der Waals surface area contributed by atoms with E-state index in [4.69, 9.17) is 4.74 Å². The van der Waals surface area contributed by atoms with Gasteiger partial charge in [0.2, 0.25) is 0 Å². The summed E-state index contributed by atoms with van der Waals surface area (Å²) in [4.78, 5) is 0. The fourth-order valence-corrected chi connectivity index (χ4v) is 3.33. The molecule has 3 nitrogen and oxygen atoms in total. The van der Waals surface area contributed by atoms with Crippen molar-refractivity contribution in [1.82, 2.24) is 4.72 Å². The topological polar surface area (TPSA) is 44.3 Å². The molecular weight excluding hydrogens is 282 g/mol. The summed E-state index contributed by atoms with van der Waals surface area (Å²) in [5.74, 6) is 2.44. The van der Waals surface area contributed by atoms with Crippen LogP contribution in [-0.2, 0) is 11.4 Å². The van der Waals surface area contributed by atoms with Crippen molar-refractivity contribution in [2.45, 2.75) is 52.5 Å². The lowest BCUT2D eigenvalue weighted by atomic mass is 10.1. The fraction of sp³-hybridized carbons (Fsp3) is 0.647. The van der Waals surface area contributed by atoms with Gasteiger partial charge < -0.3 is 9.29 Å². The number of rotatable bonds is 9. The van der Waals surface area contributed by atoms with Crippen molar-refractivity contribution in [3.8, 4) is 5.75 Å². The Labute approximate surface area is 131 Å². The van der Waals surface area contributed by atoms with Crippen molar-refractivity contribution < 1.29 is 9.29 Å². The van der Waals surface area contributed by atoms with E-state index in [1.165, 1.54) is 18.4 Å². The second-order valence-corrected chi connectivity index (χ2v) is 7.36. The minimum atomic E-state index is -0.954. The highest BCUT2D eigenvalue weighted by molar-refractivity contribution is 7.89. The molecule has 118 valence electrons. The van der Waals surface area contributed by atoms with Gasteiger partial charge >= 0.3 is 0 Å². The quantitative estimate of drug-likeness (QED) is 0.704. The van der Waals surface area contributed by atoms with Gasteiger partial charge in [-0.2, -0.15) is 0 Å². The van der Waals surface area contributed by atoms with Gasteiger partial charge in [-0.25, -0.2) is 0 Å². The van der Waals surface area contributed by atoms with Gasteiger partial charge in [0.25, 0.3) is 0 Å². The van der Waals surface area contributed by atoms with Crippen LogP contribution in [0.1, 0.15) is 56.7 Å². The van der Waals surface area contributed by atoms with Crippen LogP contribution in [-0.4, -0.2) is 16.9 Å². The van der Waals surface area contributed by atoms with E-state index in [2.05, 4.69) is 43.7 Å². The molecule has 1 aliphatic rings. The third-order valence-electron chi connectivity index (χ3n) is 3.88. The molecule has 1 fully saturated rings. The molecule has 0 spiro atoms. The molecule has 0 aliphatic heterocycles. The first kappa shape index (κ1) is 16.7. The van der Waals surface area contributed by atoms with Crippen molar-refractivity contribution in [2.75, 3.05) is 12.4 Å². The van der Waals surface area contributed by atoms with Gasteiger partial charge in [0, 0.05) is 11.4 Å². The van der Waals surface area contributed by atoms with Gasteiger partial charge in [0.15, 0.2) is 0 Å². The van der Waals surface area contributed by atoms with Crippen LogP contribution in [0.3, 0.4) is 0 Å². The predicted octanol–water partition coefficient (Wildman–Crippen LogP) is 3.90. The minimum Gasteiger partial charge on any atom is -0.598 e. The molecule has 0 unspecified atom stereocenters. The highest BCUT2D eigenvalue weighted by Crippen LogP contribution is 2.31. The Kier molecular flexibility index (Phi) is 6.40. The smallest absolute Gasteiger partial charge is 0.125 e. The van der Waals surface area contributed by atoms with E-state index in [0.717, 1.165) is 42.4 Å². The lowest BCUT2D eigenvalue weighted by Gasteiger charge is -2.18. The van der Waals surface area contributed by atoms with Gasteiger partial charge in [-0.1, -0.05) is 25.5 Å². The zero-order valence-electron chi connectivity index (χ0n) is 13.4. The van der Waals surface area contributed by atoms with E-state index in [1.807, 2.05) is 0 Å². The van der Waals surface area contributed by atoms with Crippen molar-refractivity contribution >= 4 is 11.4 Å². The average Bonchev–Trinajstić information content (AvgIpc) is 3.28. The molecule has 0 bridgehead atoms. The fourth-order valence-electron chi connectivity index (χ4n) is 2.13. The third kappa shape index (κ3) is 5.53. The number of benzene rings is 1. The largest absolute Gasteiger partial charge is 0.598 e. The average molecular weight is 309 g/mol. The van der Waals surface area contributed by atoms with E-state index in [9.17, 15) is 4.55 Å². The van der Waals surface area contributed by atoms with Crippen LogP contribution >= 0.6 is 0 Å². The van der Waals surface area contributed by atoms with Crippen molar-refractivity contribution in [3.63, 3.8) is 0 Å². The first-order valence-corrected chi connectivity index (χ1v) is 9.30. The lowest BCUT2D eigenvalue weighted by Crippen LogP contribution is -2.29. The number of ether oxygens (including phenoxy) is 1. The molecule has 2 rings (SSSR count). The summed E-state index contributed by atoms with van der Waals surface area (Å²) in [6, 6.07) is 6.34. The second-order valence-electron chi connectivity index (χ2n) is 6.02. The Morgan fingerprint density at radius 3 is 2.86 bits per heavy atom. The summed E-state index contributed by atoms with van der Waals surface area (Å²) >= 11 is -0.954. The number of hydrogen-bond donors (Lipinski definition) is 1. The molecule has 1 aromatic carbocycles. The van der Waals surface area contributed by atoms with E-state index in [-0.39, 0.29) is 6.04 Å². The molecule has 0 heterocycles. The monoisotopic (exact) mass is 309 g/mol. The number of nitrogens with one attached hydrogen (secondary N) is 1. The van der Waals surface area contributed by atoms with E-state index in [1.54, 1.807) is 0 Å². The van der Waals surface area contributed by atoms with Crippen molar-refractivity contribution in [2.24, 2.45) is 5.92 Å². The molecule has 1 N–H and O–H groups in total. The molecule has 1 saturated carbocycles. The zero-order chi connectivity index (χ0) is 15.2. The van der Waals surface area contributed by atoms with E-state index in [0.29, 0.717) is 0 Å². The van der Waals surface area contributed by atoms with Crippen LogP contribution < -0.4 is 9.46 Å². The molecule has 4 heteroatoms. The molecule has 0 amide bonds. The Bertz CT molecular complexity index is 448. The zero-order valence-corrected chi connectivity index (χ0v) is 14.2. The molecule has 1 aliphatic carbocycles. The molecule has 21 heavy (non-hydrogen) atoms. The lowest BCUT2D eigenvalue weighted by molar-refractivity contribution is 0.297. The first-order valence-electron chi connectivity index (χ1n) is 7.98. The van der Waals surface area contributed by atoms with E-state index < -0.39 is 11.4 Å². The minimum absolute atomic E-state index is 0.0755. The standard InChI is InChI=1S/C17H27NO2S/c1-4-5-10-21(19)18-14(3)16-9-6-13(2)17(11-16)20-12-15-7-8-15/h6,9,11,14-15,18H,4-5,7-8,10,12H2,1-3H3/t14-,21-/m0/s1. The highest BCUT2D eigenvalue weighted by Gasteiger charge is 2.22. The second kappa shape index (κ2) is 8.06. The molecular formula is C17H27NO2S. The van der Waals surface area contributed by atoms with Crippen molar-refractivity contribution in [1.29, 1.82) is 0 Å². The maximum Gasteiger partial charge on any atom is 0.125 e. The van der Waals surface area contributed by atoms with Crippen LogP contribution in [0.25, 0.3) is 0 Å². The van der Waals surface area contributed by atoms with Gasteiger partial charge in [-0.05, 0) is 56.2 Å². The SMILES string of the molecule is CCCC[S@+]([O-])N[C@@H](C)c1ccc(C)c(OCC2CC2)c1. The summed E-state index contributed by atoms with van der Waals surface area (Å²) in [5.41, 5.74) is 2.30. The molecule has 0 saturated heterocycles. The summed E-state index contributed by atoms with van der Waals surface area (Å²) in [6.45, 7) is 7.07. The normalized spacial score (nSPS) is 17.5.